The number of pyridine rings is 1. The van der Waals surface area contributed by atoms with Gasteiger partial charge in [-0.15, -0.1) is 11.3 Å². The third-order valence-corrected chi connectivity index (χ3v) is 7.89. The van der Waals surface area contributed by atoms with Crippen LogP contribution >= 0.6 is 34.3 Å². The molecular weight excluding hydrogens is 480 g/mol. The van der Waals surface area contributed by atoms with Gasteiger partial charge in [-0.1, -0.05) is 29.0 Å². The lowest BCUT2D eigenvalue weighted by Gasteiger charge is -2.23. The lowest BCUT2D eigenvalue weighted by atomic mass is 9.98. The van der Waals surface area contributed by atoms with Crippen molar-refractivity contribution in [1.29, 1.82) is 0 Å². The lowest BCUT2D eigenvalue weighted by Crippen LogP contribution is -2.31. The first-order valence-corrected chi connectivity index (χ1v) is 12.0. The van der Waals surface area contributed by atoms with Crippen LogP contribution in [-0.2, 0) is 4.79 Å². The predicted molar refractivity (Wildman–Crippen MR) is 129 cm³/mol. The molecule has 4 aromatic rings. The second kappa shape index (κ2) is 8.02. The normalized spacial score (nSPS) is 16.3. The zero-order valence-electron chi connectivity index (χ0n) is 17.8. The molecule has 1 amide bonds. The first-order chi connectivity index (χ1) is 15.8. The van der Waals surface area contributed by atoms with Gasteiger partial charge in [-0.2, -0.15) is 0 Å². The molecule has 0 aliphatic carbocycles. The summed E-state index contributed by atoms with van der Waals surface area (Å²) in [6, 6.07) is 7.95. The summed E-state index contributed by atoms with van der Waals surface area (Å²) in [5, 5.41) is 12.5. The van der Waals surface area contributed by atoms with Crippen LogP contribution in [-0.4, -0.2) is 31.7 Å². The summed E-state index contributed by atoms with van der Waals surface area (Å²) in [5.74, 6) is -1.74. The molecule has 33 heavy (non-hydrogen) atoms. The molecule has 1 aliphatic heterocycles. The maximum atomic E-state index is 13.6. The first kappa shape index (κ1) is 21.7. The van der Waals surface area contributed by atoms with Crippen molar-refractivity contribution < 1.29 is 14.7 Å². The number of halogens is 1. The van der Waals surface area contributed by atoms with Crippen molar-refractivity contribution in [3.8, 4) is 0 Å². The molecule has 166 valence electrons. The SMILES string of the molecule is Cc1nc(C)c(C(=O)C2=C(O)C(=O)N(c3nc4cc(Cl)c(C)cc4s3)C2c2ccccn2)s1. The number of ketones is 1. The zero-order chi connectivity index (χ0) is 23.4. The van der Waals surface area contributed by atoms with E-state index < -0.39 is 23.5 Å². The van der Waals surface area contributed by atoms with E-state index in [9.17, 15) is 14.7 Å². The summed E-state index contributed by atoms with van der Waals surface area (Å²) < 4.78 is 0.840. The van der Waals surface area contributed by atoms with Crippen molar-refractivity contribution in [3.63, 3.8) is 0 Å². The fourth-order valence-corrected chi connectivity index (χ4v) is 5.96. The molecule has 1 unspecified atom stereocenters. The smallest absolute Gasteiger partial charge is 0.296 e. The summed E-state index contributed by atoms with van der Waals surface area (Å²) >= 11 is 8.78. The number of Topliss-reactive ketones (excluding diaryl/α,β-unsaturated/α-hetero) is 1. The van der Waals surface area contributed by atoms with Crippen molar-refractivity contribution in [3.05, 3.63) is 79.7 Å². The van der Waals surface area contributed by atoms with Crippen molar-refractivity contribution in [1.82, 2.24) is 15.0 Å². The van der Waals surface area contributed by atoms with Gasteiger partial charge in [-0.3, -0.25) is 19.5 Å². The van der Waals surface area contributed by atoms with E-state index in [1.807, 2.05) is 13.0 Å². The van der Waals surface area contributed by atoms with E-state index in [0.29, 0.717) is 31.9 Å². The number of nitrogens with zero attached hydrogens (tertiary/aromatic N) is 4. The molecule has 4 heterocycles. The van der Waals surface area contributed by atoms with E-state index in [1.54, 1.807) is 44.3 Å². The molecule has 10 heteroatoms. The van der Waals surface area contributed by atoms with E-state index in [-0.39, 0.29) is 5.57 Å². The molecule has 0 saturated carbocycles. The number of rotatable bonds is 4. The van der Waals surface area contributed by atoms with Crippen LogP contribution in [0.5, 0.6) is 0 Å². The van der Waals surface area contributed by atoms with Crippen molar-refractivity contribution in [2.45, 2.75) is 26.8 Å². The number of aryl methyl sites for hydroxylation is 3. The highest BCUT2D eigenvalue weighted by atomic mass is 35.5. The third-order valence-electron chi connectivity index (χ3n) is 5.39. The van der Waals surface area contributed by atoms with Crippen LogP contribution in [0.2, 0.25) is 5.02 Å². The van der Waals surface area contributed by atoms with Gasteiger partial charge in [-0.05, 0) is 50.6 Å². The average Bonchev–Trinajstić information content (AvgIpc) is 3.42. The Bertz CT molecular complexity index is 1440. The number of fused-ring (bicyclic) bond motifs is 1. The average molecular weight is 497 g/mol. The highest BCUT2D eigenvalue weighted by Gasteiger charge is 2.47. The Balaban J connectivity index is 1.69. The molecule has 1 aliphatic rings. The number of amides is 1. The largest absolute Gasteiger partial charge is 0.503 e. The summed E-state index contributed by atoms with van der Waals surface area (Å²) in [6.45, 7) is 5.43. The van der Waals surface area contributed by atoms with Crippen molar-refractivity contribution in [2.75, 3.05) is 4.90 Å². The number of hydrogen-bond donors (Lipinski definition) is 1. The number of aliphatic hydroxyl groups excluding tert-OH is 1. The Morgan fingerprint density at radius 1 is 1.15 bits per heavy atom. The molecule has 1 atom stereocenters. The highest BCUT2D eigenvalue weighted by Crippen LogP contribution is 2.44. The van der Waals surface area contributed by atoms with Crippen LogP contribution in [0.4, 0.5) is 5.13 Å². The molecule has 0 spiro atoms. The maximum absolute atomic E-state index is 13.6. The number of thiazole rings is 2. The van der Waals surface area contributed by atoms with Gasteiger partial charge in [0.1, 0.15) is 6.04 Å². The number of aromatic nitrogens is 3. The lowest BCUT2D eigenvalue weighted by molar-refractivity contribution is -0.117. The van der Waals surface area contributed by atoms with Crippen LogP contribution in [0.25, 0.3) is 10.2 Å². The van der Waals surface area contributed by atoms with E-state index in [1.165, 1.54) is 27.6 Å². The Hall–Kier alpha value is -3.14. The van der Waals surface area contributed by atoms with Crippen LogP contribution < -0.4 is 4.90 Å². The van der Waals surface area contributed by atoms with Gasteiger partial charge < -0.3 is 5.11 Å². The minimum Gasteiger partial charge on any atom is -0.503 e. The van der Waals surface area contributed by atoms with Crippen LogP contribution in [0, 0.1) is 20.8 Å². The third kappa shape index (κ3) is 3.52. The second-order valence-electron chi connectivity index (χ2n) is 7.64. The van der Waals surface area contributed by atoms with Crippen LogP contribution in [0.3, 0.4) is 0 Å². The number of aliphatic hydroxyl groups is 1. The molecule has 0 saturated heterocycles. The molecule has 0 fully saturated rings. The van der Waals surface area contributed by atoms with Gasteiger partial charge in [-0.25, -0.2) is 9.97 Å². The number of carbonyl (C=O) groups excluding carboxylic acids is 2. The van der Waals surface area contributed by atoms with E-state index in [2.05, 4.69) is 15.0 Å². The highest BCUT2D eigenvalue weighted by molar-refractivity contribution is 7.22. The van der Waals surface area contributed by atoms with Crippen molar-refractivity contribution in [2.24, 2.45) is 0 Å². The Kier molecular flexibility index (Phi) is 5.27. The standard InChI is InChI=1S/C23H17ClN4O3S2/c1-10-8-16-15(9-13(10)24)27-23(33-16)28-18(14-6-4-5-7-25-14)17(20(30)22(28)31)19(29)21-11(2)26-12(3)32-21/h4-9,18,30H,1-3H3. The van der Waals surface area contributed by atoms with E-state index in [4.69, 9.17) is 11.6 Å². The molecule has 0 radical (unpaired) electrons. The number of hydrogen-bond acceptors (Lipinski definition) is 8. The Morgan fingerprint density at radius 3 is 2.61 bits per heavy atom. The van der Waals surface area contributed by atoms with Gasteiger partial charge in [0.2, 0.25) is 5.78 Å². The topological polar surface area (TPSA) is 96.3 Å². The minimum absolute atomic E-state index is 0.0288. The summed E-state index contributed by atoms with van der Waals surface area (Å²) in [7, 11) is 0. The number of anilines is 1. The van der Waals surface area contributed by atoms with E-state index in [0.717, 1.165) is 15.3 Å². The maximum Gasteiger partial charge on any atom is 0.296 e. The molecule has 1 aromatic carbocycles. The monoisotopic (exact) mass is 496 g/mol. The number of benzene rings is 1. The summed E-state index contributed by atoms with van der Waals surface area (Å²) in [4.78, 5) is 41.9. The van der Waals surface area contributed by atoms with Crippen molar-refractivity contribution >= 4 is 61.3 Å². The first-order valence-electron chi connectivity index (χ1n) is 9.99. The fraction of sp³-hybridized carbons (Fsp3) is 0.174. The fourth-order valence-electron chi connectivity index (χ4n) is 3.86. The van der Waals surface area contributed by atoms with Crippen LogP contribution in [0.1, 0.15) is 37.7 Å². The molecule has 1 N–H and O–H groups in total. The van der Waals surface area contributed by atoms with Crippen LogP contribution in [0.15, 0.2) is 47.9 Å². The molecule has 7 nitrogen and oxygen atoms in total. The second-order valence-corrected chi connectivity index (χ2v) is 10.3. The Labute approximate surface area is 202 Å². The summed E-state index contributed by atoms with van der Waals surface area (Å²) in [5.41, 5.74) is 2.50. The van der Waals surface area contributed by atoms with E-state index >= 15 is 0 Å². The van der Waals surface area contributed by atoms with Gasteiger partial charge >= 0.3 is 0 Å². The van der Waals surface area contributed by atoms with Gasteiger partial charge in [0.15, 0.2) is 10.9 Å². The minimum atomic E-state index is -0.926. The zero-order valence-corrected chi connectivity index (χ0v) is 20.2. The molecular formula is C23H17ClN4O3S2. The summed E-state index contributed by atoms with van der Waals surface area (Å²) in [6.07, 6.45) is 1.58. The van der Waals surface area contributed by atoms with Gasteiger partial charge in [0.25, 0.3) is 5.91 Å². The quantitative estimate of drug-likeness (QED) is 0.374. The number of carbonyl (C=O) groups is 2. The molecule has 5 rings (SSSR count). The Morgan fingerprint density at radius 2 is 1.94 bits per heavy atom. The molecule has 0 bridgehead atoms. The molecule has 3 aromatic heterocycles. The van der Waals surface area contributed by atoms with Gasteiger partial charge in [0.05, 0.1) is 37.1 Å². The van der Waals surface area contributed by atoms with Gasteiger partial charge in [0, 0.05) is 11.2 Å². The predicted octanol–water partition coefficient (Wildman–Crippen LogP) is 5.51.